The number of likely N-dealkylation sites (tertiary alicyclic amines) is 1. The SMILES string of the molecule is CCNC(=NCCCCCCC(=O)OC)N1CC(C)C(C(=O)OC)C1. The molecule has 25 heavy (non-hydrogen) atoms. The molecule has 2 atom stereocenters. The van der Waals surface area contributed by atoms with E-state index in [9.17, 15) is 9.59 Å². The molecule has 1 rings (SSSR count). The van der Waals surface area contributed by atoms with Crippen molar-refractivity contribution in [3.05, 3.63) is 0 Å². The molecule has 0 aliphatic carbocycles. The molecule has 0 bridgehead atoms. The normalized spacial score (nSPS) is 20.5. The summed E-state index contributed by atoms with van der Waals surface area (Å²) in [6.45, 7) is 7.12. The van der Waals surface area contributed by atoms with Gasteiger partial charge in [-0.2, -0.15) is 0 Å². The number of hydrogen-bond donors (Lipinski definition) is 1. The minimum atomic E-state index is -0.143. The number of ether oxygens (including phenoxy) is 2. The maximum Gasteiger partial charge on any atom is 0.310 e. The Balaban J connectivity index is 2.39. The van der Waals surface area contributed by atoms with Crippen LogP contribution in [0.15, 0.2) is 4.99 Å². The molecular weight excluding hydrogens is 322 g/mol. The van der Waals surface area contributed by atoms with Crippen molar-refractivity contribution in [1.82, 2.24) is 10.2 Å². The third kappa shape index (κ3) is 7.32. The van der Waals surface area contributed by atoms with Crippen LogP contribution < -0.4 is 5.32 Å². The first kappa shape index (κ1) is 21.3. The van der Waals surface area contributed by atoms with Crippen LogP contribution in [0.5, 0.6) is 0 Å². The number of carbonyl (C=O) groups excluding carboxylic acids is 2. The zero-order chi connectivity index (χ0) is 18.7. The topological polar surface area (TPSA) is 80.2 Å². The molecule has 1 fully saturated rings. The molecule has 0 radical (unpaired) electrons. The maximum atomic E-state index is 11.8. The van der Waals surface area contributed by atoms with Crippen molar-refractivity contribution in [3.8, 4) is 0 Å². The summed E-state index contributed by atoms with van der Waals surface area (Å²) in [5.41, 5.74) is 0. The van der Waals surface area contributed by atoms with Gasteiger partial charge in [0.25, 0.3) is 0 Å². The summed E-state index contributed by atoms with van der Waals surface area (Å²) in [6.07, 6.45) is 4.39. The second kappa shape index (κ2) is 11.7. The number of guanidine groups is 1. The number of rotatable bonds is 9. The Labute approximate surface area is 151 Å². The molecule has 0 aromatic carbocycles. The van der Waals surface area contributed by atoms with Crippen LogP contribution >= 0.6 is 0 Å². The molecule has 1 aliphatic rings. The zero-order valence-electron chi connectivity index (χ0n) is 16.0. The van der Waals surface area contributed by atoms with E-state index in [2.05, 4.69) is 26.9 Å². The molecule has 0 saturated carbocycles. The first-order valence-electron chi connectivity index (χ1n) is 9.21. The molecule has 0 aromatic heterocycles. The van der Waals surface area contributed by atoms with Crippen LogP contribution in [-0.2, 0) is 19.1 Å². The summed E-state index contributed by atoms with van der Waals surface area (Å²) >= 11 is 0. The lowest BCUT2D eigenvalue weighted by atomic mass is 9.99. The highest BCUT2D eigenvalue weighted by molar-refractivity contribution is 5.82. The predicted molar refractivity (Wildman–Crippen MR) is 97.3 cm³/mol. The van der Waals surface area contributed by atoms with Gasteiger partial charge >= 0.3 is 11.9 Å². The lowest BCUT2D eigenvalue weighted by molar-refractivity contribution is -0.146. The quantitative estimate of drug-likeness (QED) is 0.294. The predicted octanol–water partition coefficient (Wildman–Crippen LogP) is 1.82. The minimum Gasteiger partial charge on any atom is -0.469 e. The maximum absolute atomic E-state index is 11.8. The van der Waals surface area contributed by atoms with Crippen molar-refractivity contribution < 1.29 is 19.1 Å². The number of nitrogens with zero attached hydrogens (tertiary/aromatic N) is 2. The summed E-state index contributed by atoms with van der Waals surface area (Å²) in [5.74, 6) is 0.754. The van der Waals surface area contributed by atoms with Crippen molar-refractivity contribution in [2.75, 3.05) is 40.4 Å². The van der Waals surface area contributed by atoms with Crippen LogP contribution in [0.3, 0.4) is 0 Å². The molecule has 1 heterocycles. The van der Waals surface area contributed by atoms with Gasteiger partial charge < -0.3 is 19.7 Å². The highest BCUT2D eigenvalue weighted by Crippen LogP contribution is 2.24. The molecule has 0 aromatic rings. The fraction of sp³-hybridized carbons (Fsp3) is 0.833. The molecule has 7 nitrogen and oxygen atoms in total. The van der Waals surface area contributed by atoms with E-state index in [0.717, 1.165) is 51.3 Å². The third-order valence-corrected chi connectivity index (χ3v) is 4.53. The smallest absolute Gasteiger partial charge is 0.310 e. The lowest BCUT2D eigenvalue weighted by Crippen LogP contribution is -2.40. The highest BCUT2D eigenvalue weighted by atomic mass is 16.5. The third-order valence-electron chi connectivity index (χ3n) is 4.53. The van der Waals surface area contributed by atoms with Crippen LogP contribution in [0.2, 0.25) is 0 Å². The molecule has 1 N–H and O–H groups in total. The Hall–Kier alpha value is -1.79. The second-order valence-corrected chi connectivity index (χ2v) is 6.49. The molecule has 0 amide bonds. The standard InChI is InChI=1S/C18H33N3O4/c1-5-19-18(20-11-9-7-6-8-10-16(22)24-3)21-12-14(2)15(13-21)17(23)25-4/h14-15H,5-13H2,1-4H3,(H,19,20). The summed E-state index contributed by atoms with van der Waals surface area (Å²) < 4.78 is 9.52. The summed E-state index contributed by atoms with van der Waals surface area (Å²) in [7, 11) is 2.86. The van der Waals surface area contributed by atoms with Crippen LogP contribution in [0.25, 0.3) is 0 Å². The Morgan fingerprint density at radius 3 is 2.48 bits per heavy atom. The number of esters is 2. The molecule has 1 saturated heterocycles. The van der Waals surface area contributed by atoms with E-state index >= 15 is 0 Å². The summed E-state index contributed by atoms with van der Waals surface area (Å²) in [5, 5.41) is 3.31. The van der Waals surface area contributed by atoms with Crippen LogP contribution in [-0.4, -0.2) is 63.2 Å². The Bertz CT molecular complexity index is 454. The Kier molecular flexibility index (Phi) is 9.96. The van der Waals surface area contributed by atoms with E-state index in [4.69, 9.17) is 4.74 Å². The Morgan fingerprint density at radius 2 is 1.84 bits per heavy atom. The molecule has 7 heteroatoms. The molecule has 144 valence electrons. The second-order valence-electron chi connectivity index (χ2n) is 6.49. The molecule has 0 spiro atoms. The van der Waals surface area contributed by atoms with E-state index in [1.165, 1.54) is 14.2 Å². The number of hydrogen-bond acceptors (Lipinski definition) is 5. The average Bonchev–Trinajstić information content (AvgIpc) is 3.00. The van der Waals surface area contributed by atoms with Crippen LogP contribution in [0.1, 0.15) is 46.0 Å². The largest absolute Gasteiger partial charge is 0.469 e. The van der Waals surface area contributed by atoms with E-state index < -0.39 is 0 Å². The lowest BCUT2D eigenvalue weighted by Gasteiger charge is -2.21. The zero-order valence-corrected chi connectivity index (χ0v) is 16.0. The van der Waals surface area contributed by atoms with Crippen LogP contribution in [0, 0.1) is 11.8 Å². The van der Waals surface area contributed by atoms with E-state index in [1.807, 2.05) is 6.92 Å². The van der Waals surface area contributed by atoms with Gasteiger partial charge in [0.15, 0.2) is 5.96 Å². The van der Waals surface area contributed by atoms with Gasteiger partial charge in [0.05, 0.1) is 20.1 Å². The first-order chi connectivity index (χ1) is 12.0. The number of methoxy groups -OCH3 is 2. The van der Waals surface area contributed by atoms with E-state index in [1.54, 1.807) is 0 Å². The van der Waals surface area contributed by atoms with Gasteiger partial charge in [-0.15, -0.1) is 0 Å². The van der Waals surface area contributed by atoms with Gasteiger partial charge in [-0.3, -0.25) is 14.6 Å². The van der Waals surface area contributed by atoms with Crippen molar-refractivity contribution in [1.29, 1.82) is 0 Å². The van der Waals surface area contributed by atoms with Gasteiger partial charge in [-0.05, 0) is 25.7 Å². The van der Waals surface area contributed by atoms with Crippen LogP contribution in [0.4, 0.5) is 0 Å². The van der Waals surface area contributed by atoms with Crippen molar-refractivity contribution in [2.45, 2.75) is 46.0 Å². The molecular formula is C18H33N3O4. The number of aliphatic imine (C=N–C) groups is 1. The fourth-order valence-electron chi connectivity index (χ4n) is 3.05. The van der Waals surface area contributed by atoms with E-state index in [0.29, 0.717) is 13.0 Å². The van der Waals surface area contributed by atoms with E-state index in [-0.39, 0.29) is 23.8 Å². The number of nitrogens with one attached hydrogen (secondary N) is 1. The summed E-state index contributed by atoms with van der Waals surface area (Å²) in [4.78, 5) is 29.7. The molecule has 1 aliphatic heterocycles. The Morgan fingerprint density at radius 1 is 1.12 bits per heavy atom. The summed E-state index contributed by atoms with van der Waals surface area (Å²) in [6, 6.07) is 0. The van der Waals surface area contributed by atoms with Gasteiger partial charge in [0.1, 0.15) is 0 Å². The number of carbonyl (C=O) groups is 2. The monoisotopic (exact) mass is 355 g/mol. The molecule has 2 unspecified atom stereocenters. The average molecular weight is 355 g/mol. The van der Waals surface area contributed by atoms with Crippen molar-refractivity contribution in [2.24, 2.45) is 16.8 Å². The highest BCUT2D eigenvalue weighted by Gasteiger charge is 2.36. The van der Waals surface area contributed by atoms with Gasteiger partial charge in [0, 0.05) is 32.6 Å². The minimum absolute atomic E-state index is 0.0906. The first-order valence-corrected chi connectivity index (χ1v) is 9.21. The van der Waals surface area contributed by atoms with Gasteiger partial charge in [0.2, 0.25) is 0 Å². The van der Waals surface area contributed by atoms with Gasteiger partial charge in [-0.25, -0.2) is 0 Å². The number of unbranched alkanes of at least 4 members (excludes halogenated alkanes) is 3. The van der Waals surface area contributed by atoms with Crippen molar-refractivity contribution in [3.63, 3.8) is 0 Å². The van der Waals surface area contributed by atoms with Gasteiger partial charge in [-0.1, -0.05) is 19.8 Å². The fourth-order valence-corrected chi connectivity index (χ4v) is 3.05. The van der Waals surface area contributed by atoms with Crippen molar-refractivity contribution >= 4 is 17.9 Å².